The minimum Gasteiger partial charge on any atom is -0.444 e. The molecule has 7 heteroatoms. The molecular formula is C21H38N6O. The second kappa shape index (κ2) is 9.74. The van der Waals surface area contributed by atoms with E-state index in [9.17, 15) is 0 Å². The van der Waals surface area contributed by atoms with Crippen molar-refractivity contribution < 1.29 is 4.42 Å². The fourth-order valence-electron chi connectivity index (χ4n) is 4.35. The first-order chi connectivity index (χ1) is 13.5. The highest BCUT2D eigenvalue weighted by molar-refractivity contribution is 5.79. The predicted octanol–water partition coefficient (Wildman–Crippen LogP) is 2.30. The molecule has 0 bridgehead atoms. The first-order valence-corrected chi connectivity index (χ1v) is 10.9. The molecule has 158 valence electrons. The van der Waals surface area contributed by atoms with Crippen LogP contribution in [0.15, 0.2) is 9.41 Å². The van der Waals surface area contributed by atoms with Crippen molar-refractivity contribution in [3.63, 3.8) is 0 Å². The Labute approximate surface area is 170 Å². The summed E-state index contributed by atoms with van der Waals surface area (Å²) in [5.74, 6) is 2.40. The molecule has 0 unspecified atom stereocenters. The van der Waals surface area contributed by atoms with Crippen LogP contribution < -0.4 is 10.6 Å². The zero-order valence-electron chi connectivity index (χ0n) is 18.2. The van der Waals surface area contributed by atoms with Crippen molar-refractivity contribution in [3.05, 3.63) is 17.3 Å². The van der Waals surface area contributed by atoms with Gasteiger partial charge >= 0.3 is 0 Å². The van der Waals surface area contributed by atoms with Gasteiger partial charge in [0.2, 0.25) is 5.89 Å². The summed E-state index contributed by atoms with van der Waals surface area (Å²) in [7, 11) is 2.24. The number of hydrogen-bond donors (Lipinski definition) is 2. The maximum absolute atomic E-state index is 5.68. The van der Waals surface area contributed by atoms with Crippen LogP contribution in [0.3, 0.4) is 0 Å². The summed E-state index contributed by atoms with van der Waals surface area (Å²) in [6.07, 6.45) is 6.46. The van der Waals surface area contributed by atoms with Gasteiger partial charge in [0.15, 0.2) is 5.96 Å². The minimum absolute atomic E-state index is 0.235. The number of guanidine groups is 1. The van der Waals surface area contributed by atoms with Gasteiger partial charge in [0, 0.05) is 18.6 Å². The second-order valence-electron chi connectivity index (χ2n) is 8.37. The van der Waals surface area contributed by atoms with E-state index in [0.29, 0.717) is 12.4 Å². The lowest BCUT2D eigenvalue weighted by Gasteiger charge is -2.50. The number of likely N-dealkylation sites (tertiary alicyclic amines) is 2. The molecule has 0 saturated carbocycles. The number of aliphatic imine (C=N–C) groups is 1. The third-order valence-electron chi connectivity index (χ3n) is 6.32. The quantitative estimate of drug-likeness (QED) is 0.574. The van der Waals surface area contributed by atoms with Crippen molar-refractivity contribution in [3.8, 4) is 0 Å². The van der Waals surface area contributed by atoms with Gasteiger partial charge in [0.25, 0.3) is 0 Å². The monoisotopic (exact) mass is 390 g/mol. The zero-order valence-corrected chi connectivity index (χ0v) is 18.2. The number of nitrogens with zero attached hydrogens (tertiary/aromatic N) is 4. The van der Waals surface area contributed by atoms with Gasteiger partial charge in [-0.15, -0.1) is 0 Å². The lowest BCUT2D eigenvalue weighted by Crippen LogP contribution is -2.62. The Kier molecular flexibility index (Phi) is 7.35. The normalized spacial score (nSPS) is 21.6. The molecule has 2 N–H and O–H groups in total. The summed E-state index contributed by atoms with van der Waals surface area (Å²) in [5.41, 5.74) is 1.18. The van der Waals surface area contributed by atoms with Crippen LogP contribution in [-0.2, 0) is 6.54 Å². The smallest absolute Gasteiger partial charge is 0.216 e. The van der Waals surface area contributed by atoms with E-state index in [4.69, 9.17) is 9.41 Å². The average Bonchev–Trinajstić information content (AvgIpc) is 3.04. The fourth-order valence-corrected chi connectivity index (χ4v) is 4.35. The predicted molar refractivity (Wildman–Crippen MR) is 114 cm³/mol. The topological polar surface area (TPSA) is 68.9 Å². The van der Waals surface area contributed by atoms with Crippen molar-refractivity contribution in [2.24, 2.45) is 4.99 Å². The number of aryl methyl sites for hydroxylation is 2. The summed E-state index contributed by atoms with van der Waals surface area (Å²) in [5, 5.41) is 7.03. The molecular weight excluding hydrogens is 352 g/mol. The van der Waals surface area contributed by atoms with Gasteiger partial charge in [-0.3, -0.25) is 4.90 Å². The van der Waals surface area contributed by atoms with Gasteiger partial charge in [0.05, 0.1) is 5.69 Å². The van der Waals surface area contributed by atoms with E-state index in [-0.39, 0.29) is 5.54 Å². The SMILES string of the molecule is CCNC(=NCc1nc(C)c(C)o1)NCC1(N2CCCCC2)CCN(C)CC1. The maximum Gasteiger partial charge on any atom is 0.216 e. The lowest BCUT2D eigenvalue weighted by molar-refractivity contribution is 0.0173. The van der Waals surface area contributed by atoms with E-state index in [0.717, 1.165) is 30.5 Å². The van der Waals surface area contributed by atoms with Crippen LogP contribution in [-0.4, -0.2) is 72.6 Å². The third kappa shape index (κ3) is 5.26. The number of oxazole rings is 1. The highest BCUT2D eigenvalue weighted by atomic mass is 16.4. The van der Waals surface area contributed by atoms with Gasteiger partial charge < -0.3 is 20.0 Å². The number of rotatable bonds is 6. The van der Waals surface area contributed by atoms with Gasteiger partial charge in [-0.1, -0.05) is 6.42 Å². The van der Waals surface area contributed by atoms with Crippen LogP contribution in [0.2, 0.25) is 0 Å². The molecule has 0 aromatic carbocycles. The van der Waals surface area contributed by atoms with Crippen molar-refractivity contribution >= 4 is 5.96 Å². The van der Waals surface area contributed by atoms with Crippen LogP contribution in [0.5, 0.6) is 0 Å². The van der Waals surface area contributed by atoms with Crippen molar-refractivity contribution in [1.82, 2.24) is 25.4 Å². The average molecular weight is 391 g/mol. The summed E-state index contributed by atoms with van der Waals surface area (Å²) < 4.78 is 5.68. The standard InChI is InChI=1S/C21H38N6O/c1-5-22-20(23-15-19-25-17(2)18(3)28-19)24-16-21(9-13-26(4)14-10-21)27-11-7-6-8-12-27/h5-16H2,1-4H3,(H2,22,23,24). The highest BCUT2D eigenvalue weighted by Gasteiger charge is 2.39. The largest absolute Gasteiger partial charge is 0.444 e. The van der Waals surface area contributed by atoms with Crippen LogP contribution in [0, 0.1) is 13.8 Å². The van der Waals surface area contributed by atoms with Gasteiger partial charge in [-0.25, -0.2) is 9.98 Å². The van der Waals surface area contributed by atoms with Crippen LogP contribution in [0.1, 0.15) is 56.4 Å². The molecule has 0 atom stereocenters. The number of piperidine rings is 2. The van der Waals surface area contributed by atoms with Crippen LogP contribution in [0.4, 0.5) is 0 Å². The Balaban J connectivity index is 1.66. The molecule has 28 heavy (non-hydrogen) atoms. The second-order valence-corrected chi connectivity index (χ2v) is 8.37. The van der Waals surface area contributed by atoms with E-state index in [1.807, 2.05) is 13.8 Å². The summed E-state index contributed by atoms with van der Waals surface area (Å²) in [6.45, 7) is 13.1. The van der Waals surface area contributed by atoms with E-state index in [2.05, 4.69) is 39.4 Å². The lowest BCUT2D eigenvalue weighted by atomic mass is 9.84. The van der Waals surface area contributed by atoms with Crippen LogP contribution in [0.25, 0.3) is 0 Å². The molecule has 3 heterocycles. The molecule has 1 aromatic rings. The van der Waals surface area contributed by atoms with Crippen molar-refractivity contribution in [2.45, 2.75) is 65.0 Å². The molecule has 1 aromatic heterocycles. The van der Waals surface area contributed by atoms with Crippen LogP contribution >= 0.6 is 0 Å². The minimum atomic E-state index is 0.235. The number of nitrogens with one attached hydrogen (secondary N) is 2. The van der Waals surface area contributed by atoms with Gasteiger partial charge in [-0.2, -0.15) is 0 Å². The van der Waals surface area contributed by atoms with E-state index in [1.54, 1.807) is 0 Å². The molecule has 3 rings (SSSR count). The number of aromatic nitrogens is 1. The van der Waals surface area contributed by atoms with E-state index >= 15 is 0 Å². The molecule has 0 amide bonds. The third-order valence-corrected chi connectivity index (χ3v) is 6.32. The van der Waals surface area contributed by atoms with Crippen molar-refractivity contribution in [2.75, 3.05) is 46.3 Å². The fraction of sp³-hybridized carbons (Fsp3) is 0.810. The Hall–Kier alpha value is -1.60. The van der Waals surface area contributed by atoms with E-state index in [1.165, 1.54) is 58.3 Å². The van der Waals surface area contributed by atoms with Crippen molar-refractivity contribution in [1.29, 1.82) is 0 Å². The molecule has 0 radical (unpaired) electrons. The molecule has 2 aliphatic rings. The van der Waals surface area contributed by atoms with E-state index < -0.39 is 0 Å². The summed E-state index contributed by atoms with van der Waals surface area (Å²) in [4.78, 5) is 14.4. The maximum atomic E-state index is 5.68. The van der Waals surface area contributed by atoms with Gasteiger partial charge in [0.1, 0.15) is 12.3 Å². The Morgan fingerprint density at radius 2 is 1.82 bits per heavy atom. The molecule has 2 saturated heterocycles. The van der Waals surface area contributed by atoms with Gasteiger partial charge in [-0.05, 0) is 79.7 Å². The molecule has 0 aliphatic carbocycles. The molecule has 0 spiro atoms. The number of hydrogen-bond acceptors (Lipinski definition) is 5. The molecule has 2 fully saturated rings. The Bertz CT molecular complexity index is 622. The Morgan fingerprint density at radius 3 is 2.43 bits per heavy atom. The Morgan fingerprint density at radius 1 is 1.11 bits per heavy atom. The molecule has 2 aliphatic heterocycles. The summed E-state index contributed by atoms with van der Waals surface area (Å²) in [6, 6.07) is 0. The first kappa shape index (κ1) is 21.1. The molecule has 7 nitrogen and oxygen atoms in total. The first-order valence-electron chi connectivity index (χ1n) is 10.9. The summed E-state index contributed by atoms with van der Waals surface area (Å²) >= 11 is 0. The highest BCUT2D eigenvalue weighted by Crippen LogP contribution is 2.30. The zero-order chi connectivity index (χ0) is 20.0.